The first-order chi connectivity index (χ1) is 11.1. The molecule has 2 aromatic rings. The molecule has 1 spiro atoms. The number of aryl methyl sites for hydroxylation is 1. The highest BCUT2D eigenvalue weighted by Crippen LogP contribution is 2.47. The van der Waals surface area contributed by atoms with Crippen molar-refractivity contribution in [3.63, 3.8) is 0 Å². The van der Waals surface area contributed by atoms with Crippen LogP contribution in [-0.2, 0) is 23.8 Å². The Kier molecular flexibility index (Phi) is 3.27. The Balaban J connectivity index is 1.55. The molecule has 1 saturated heterocycles. The minimum Gasteiger partial charge on any atom is -0.337 e. The third-order valence-corrected chi connectivity index (χ3v) is 5.49. The predicted molar refractivity (Wildman–Crippen MR) is 89.2 cm³/mol. The van der Waals surface area contributed by atoms with Crippen LogP contribution in [0.25, 0.3) is 0 Å². The van der Waals surface area contributed by atoms with Gasteiger partial charge in [-0.05, 0) is 37.6 Å². The average molecular weight is 310 g/mol. The highest BCUT2D eigenvalue weighted by Gasteiger charge is 2.50. The van der Waals surface area contributed by atoms with Crippen LogP contribution in [0.5, 0.6) is 0 Å². The van der Waals surface area contributed by atoms with Crippen LogP contribution in [0.4, 0.5) is 5.69 Å². The monoisotopic (exact) mass is 310 g/mol. The Labute approximate surface area is 136 Å². The van der Waals surface area contributed by atoms with E-state index in [-0.39, 0.29) is 11.3 Å². The molecule has 23 heavy (non-hydrogen) atoms. The third-order valence-electron chi connectivity index (χ3n) is 5.49. The Morgan fingerprint density at radius 1 is 1.17 bits per heavy atom. The number of imidazole rings is 1. The van der Waals surface area contributed by atoms with E-state index in [1.54, 1.807) is 0 Å². The number of fused-ring (bicyclic) bond motifs is 2. The summed E-state index contributed by atoms with van der Waals surface area (Å²) in [6.07, 6.45) is 5.59. The Morgan fingerprint density at radius 3 is 2.61 bits per heavy atom. The summed E-state index contributed by atoms with van der Waals surface area (Å²) in [5.74, 6) is 1.34. The second-order valence-corrected chi connectivity index (χ2v) is 6.69. The summed E-state index contributed by atoms with van der Waals surface area (Å²) >= 11 is 0. The van der Waals surface area contributed by atoms with Gasteiger partial charge < -0.3 is 9.47 Å². The van der Waals surface area contributed by atoms with E-state index in [9.17, 15) is 4.79 Å². The van der Waals surface area contributed by atoms with E-state index in [2.05, 4.69) is 26.6 Å². The molecule has 0 aliphatic carbocycles. The highest BCUT2D eigenvalue weighted by atomic mass is 16.2. The minimum atomic E-state index is -0.316. The quantitative estimate of drug-likeness (QED) is 0.851. The number of carbonyl (C=O) groups excluding carboxylic acids is 1. The van der Waals surface area contributed by atoms with Crippen molar-refractivity contribution in [2.24, 2.45) is 7.05 Å². The molecule has 0 unspecified atom stereocenters. The number of rotatable bonds is 2. The fraction of sp³-hybridized carbons (Fsp3) is 0.444. The van der Waals surface area contributed by atoms with Crippen molar-refractivity contribution < 1.29 is 4.79 Å². The van der Waals surface area contributed by atoms with Crippen LogP contribution in [0, 0.1) is 0 Å². The van der Waals surface area contributed by atoms with Gasteiger partial charge in [0.1, 0.15) is 5.82 Å². The van der Waals surface area contributed by atoms with Gasteiger partial charge in [0.05, 0.1) is 12.0 Å². The number of likely N-dealkylation sites (N-methyl/N-ethyl adjacent to an activating group) is 1. The van der Waals surface area contributed by atoms with Gasteiger partial charge in [0.15, 0.2) is 0 Å². The largest absolute Gasteiger partial charge is 0.337 e. The summed E-state index contributed by atoms with van der Waals surface area (Å²) < 4.78 is 2.06. The van der Waals surface area contributed by atoms with Crippen LogP contribution in [0.1, 0.15) is 24.2 Å². The SMILES string of the molecule is CN1C(=O)C2(CCN(Cc3nccn3C)CC2)c2ccccc21. The smallest absolute Gasteiger partial charge is 0.237 e. The van der Waals surface area contributed by atoms with Crippen molar-refractivity contribution >= 4 is 11.6 Å². The summed E-state index contributed by atoms with van der Waals surface area (Å²) in [7, 11) is 3.93. The van der Waals surface area contributed by atoms with Gasteiger partial charge in [-0.3, -0.25) is 9.69 Å². The molecule has 1 amide bonds. The maximum absolute atomic E-state index is 12.9. The zero-order valence-electron chi connectivity index (χ0n) is 13.7. The molecule has 4 rings (SSSR count). The number of aromatic nitrogens is 2. The molecule has 5 heteroatoms. The molecule has 5 nitrogen and oxygen atoms in total. The first-order valence-corrected chi connectivity index (χ1v) is 8.18. The number of likely N-dealkylation sites (tertiary alicyclic amines) is 1. The van der Waals surface area contributed by atoms with Crippen LogP contribution in [0.2, 0.25) is 0 Å². The van der Waals surface area contributed by atoms with E-state index in [1.807, 2.05) is 43.5 Å². The van der Waals surface area contributed by atoms with E-state index >= 15 is 0 Å². The zero-order chi connectivity index (χ0) is 16.0. The summed E-state index contributed by atoms with van der Waals surface area (Å²) in [6, 6.07) is 8.25. The third kappa shape index (κ3) is 2.10. The first-order valence-electron chi connectivity index (χ1n) is 8.18. The number of hydrogen-bond donors (Lipinski definition) is 0. The molecular weight excluding hydrogens is 288 g/mol. The average Bonchev–Trinajstić information content (AvgIpc) is 3.07. The molecular formula is C18H22N4O. The van der Waals surface area contributed by atoms with Crippen LogP contribution in [0.3, 0.4) is 0 Å². The van der Waals surface area contributed by atoms with Crippen molar-refractivity contribution in [1.29, 1.82) is 0 Å². The van der Waals surface area contributed by atoms with E-state index in [1.165, 1.54) is 5.56 Å². The Morgan fingerprint density at radius 2 is 1.91 bits per heavy atom. The lowest BCUT2D eigenvalue weighted by Crippen LogP contribution is -2.48. The lowest BCUT2D eigenvalue weighted by Gasteiger charge is -2.38. The van der Waals surface area contributed by atoms with Crippen molar-refractivity contribution in [3.8, 4) is 0 Å². The molecule has 1 aromatic carbocycles. The zero-order valence-corrected chi connectivity index (χ0v) is 13.7. The van der Waals surface area contributed by atoms with Gasteiger partial charge in [-0.15, -0.1) is 0 Å². The molecule has 2 aliphatic rings. The van der Waals surface area contributed by atoms with Crippen LogP contribution in [0.15, 0.2) is 36.7 Å². The van der Waals surface area contributed by atoms with Crippen molar-refractivity contribution in [1.82, 2.24) is 14.5 Å². The van der Waals surface area contributed by atoms with Gasteiger partial charge in [0, 0.05) is 32.2 Å². The van der Waals surface area contributed by atoms with Crippen molar-refractivity contribution in [3.05, 3.63) is 48.0 Å². The lowest BCUT2D eigenvalue weighted by atomic mass is 9.73. The molecule has 2 aliphatic heterocycles. The van der Waals surface area contributed by atoms with Crippen LogP contribution < -0.4 is 4.90 Å². The van der Waals surface area contributed by atoms with Gasteiger partial charge in [-0.1, -0.05) is 18.2 Å². The molecule has 1 aromatic heterocycles. The Hall–Kier alpha value is -2.14. The molecule has 120 valence electrons. The highest BCUT2D eigenvalue weighted by molar-refractivity contribution is 6.07. The maximum Gasteiger partial charge on any atom is 0.237 e. The van der Waals surface area contributed by atoms with Crippen molar-refractivity contribution in [2.45, 2.75) is 24.8 Å². The summed E-state index contributed by atoms with van der Waals surface area (Å²) in [5.41, 5.74) is 1.97. The van der Waals surface area contributed by atoms with Crippen LogP contribution in [-0.4, -0.2) is 40.5 Å². The molecule has 0 saturated carbocycles. The molecule has 0 N–H and O–H groups in total. The van der Waals surface area contributed by atoms with E-state index < -0.39 is 0 Å². The van der Waals surface area contributed by atoms with E-state index in [0.717, 1.165) is 44.0 Å². The molecule has 0 radical (unpaired) electrons. The lowest BCUT2D eigenvalue weighted by molar-refractivity contribution is -0.124. The first kappa shape index (κ1) is 14.5. The second-order valence-electron chi connectivity index (χ2n) is 6.69. The number of anilines is 1. The standard InChI is InChI=1S/C18H22N4O/c1-20-12-9-19-16(20)13-22-10-7-18(8-11-22)14-5-3-4-6-15(14)21(2)17(18)23/h3-6,9,12H,7-8,10-11,13H2,1-2H3. The number of benzene rings is 1. The molecule has 0 atom stereocenters. The number of nitrogens with zero attached hydrogens (tertiary/aromatic N) is 4. The van der Waals surface area contributed by atoms with Gasteiger partial charge in [0.25, 0.3) is 0 Å². The normalized spacial score (nSPS) is 20.3. The number of para-hydroxylation sites is 1. The van der Waals surface area contributed by atoms with E-state index in [0.29, 0.717) is 0 Å². The number of carbonyl (C=O) groups is 1. The van der Waals surface area contributed by atoms with Gasteiger partial charge in [-0.2, -0.15) is 0 Å². The Bertz CT molecular complexity index is 743. The molecule has 0 bridgehead atoms. The fourth-order valence-corrected chi connectivity index (χ4v) is 4.04. The summed E-state index contributed by atoms with van der Waals surface area (Å²) in [5, 5.41) is 0. The molecule has 1 fully saturated rings. The second kappa shape index (κ2) is 5.20. The fourth-order valence-electron chi connectivity index (χ4n) is 4.04. The van der Waals surface area contributed by atoms with Gasteiger partial charge in [-0.25, -0.2) is 4.98 Å². The van der Waals surface area contributed by atoms with Crippen LogP contribution >= 0.6 is 0 Å². The number of amides is 1. The van der Waals surface area contributed by atoms with E-state index in [4.69, 9.17) is 0 Å². The summed E-state index contributed by atoms with van der Waals surface area (Å²) in [4.78, 5) is 21.6. The van der Waals surface area contributed by atoms with Gasteiger partial charge in [0.2, 0.25) is 5.91 Å². The number of hydrogen-bond acceptors (Lipinski definition) is 3. The maximum atomic E-state index is 12.9. The van der Waals surface area contributed by atoms with Crippen molar-refractivity contribution in [2.75, 3.05) is 25.0 Å². The predicted octanol–water partition coefficient (Wildman–Crippen LogP) is 1.93. The minimum absolute atomic E-state index is 0.260. The molecule has 3 heterocycles. The summed E-state index contributed by atoms with van der Waals surface area (Å²) in [6.45, 7) is 2.72. The van der Waals surface area contributed by atoms with Gasteiger partial charge >= 0.3 is 0 Å². The topological polar surface area (TPSA) is 41.4 Å². The number of piperidine rings is 1.